The second kappa shape index (κ2) is 6.42. The van der Waals surface area contributed by atoms with Crippen LogP contribution < -0.4 is 20.5 Å². The lowest BCUT2D eigenvalue weighted by atomic mass is 10.2. The van der Waals surface area contributed by atoms with Crippen LogP contribution in [-0.2, 0) is 6.54 Å². The first-order chi connectivity index (χ1) is 9.65. The van der Waals surface area contributed by atoms with Crippen LogP contribution in [0.2, 0.25) is 0 Å². The molecule has 0 aliphatic heterocycles. The van der Waals surface area contributed by atoms with Gasteiger partial charge in [-0.15, -0.1) is 0 Å². The summed E-state index contributed by atoms with van der Waals surface area (Å²) in [6, 6.07) is 5.72. The Hall–Kier alpha value is -2.02. The standard InChI is InChI=1S/C13H15BrN4O2/c1-19-9-4-3-8(5-10(9)20-2)6-16-13-11(14)12(15)17-7-18-13/h3-5,7H,6H2,1-2H3,(H3,15,16,17,18). The molecule has 1 aromatic heterocycles. The van der Waals surface area contributed by atoms with E-state index in [2.05, 4.69) is 31.2 Å². The molecule has 7 heteroatoms. The number of rotatable bonds is 5. The van der Waals surface area contributed by atoms with E-state index in [1.807, 2.05) is 18.2 Å². The molecule has 0 atom stereocenters. The van der Waals surface area contributed by atoms with Crippen molar-refractivity contribution in [1.29, 1.82) is 0 Å². The normalized spacial score (nSPS) is 10.2. The Kier molecular flexibility index (Phi) is 4.62. The molecular weight excluding hydrogens is 324 g/mol. The highest BCUT2D eigenvalue weighted by atomic mass is 79.9. The van der Waals surface area contributed by atoms with Gasteiger partial charge in [-0.3, -0.25) is 0 Å². The van der Waals surface area contributed by atoms with Gasteiger partial charge in [0.15, 0.2) is 11.5 Å². The van der Waals surface area contributed by atoms with Gasteiger partial charge in [0.2, 0.25) is 0 Å². The molecule has 0 saturated heterocycles. The summed E-state index contributed by atoms with van der Waals surface area (Å²) in [5.41, 5.74) is 6.73. The zero-order valence-corrected chi connectivity index (χ0v) is 12.8. The molecule has 0 amide bonds. The molecule has 2 rings (SSSR count). The highest BCUT2D eigenvalue weighted by Crippen LogP contribution is 2.28. The minimum absolute atomic E-state index is 0.398. The number of nitrogens with zero attached hydrogens (tertiary/aromatic N) is 2. The van der Waals surface area contributed by atoms with E-state index >= 15 is 0 Å². The fourth-order valence-corrected chi connectivity index (χ4v) is 2.03. The Morgan fingerprint density at radius 1 is 1.20 bits per heavy atom. The fourth-order valence-electron chi connectivity index (χ4n) is 1.68. The summed E-state index contributed by atoms with van der Waals surface area (Å²) in [4.78, 5) is 8.01. The molecule has 106 valence electrons. The van der Waals surface area contributed by atoms with Crippen LogP contribution >= 0.6 is 15.9 Å². The molecule has 0 aliphatic rings. The van der Waals surface area contributed by atoms with E-state index in [4.69, 9.17) is 15.2 Å². The van der Waals surface area contributed by atoms with Crippen molar-refractivity contribution < 1.29 is 9.47 Å². The quantitative estimate of drug-likeness (QED) is 0.871. The van der Waals surface area contributed by atoms with Gasteiger partial charge in [0.05, 0.1) is 14.2 Å². The molecule has 2 aromatic rings. The smallest absolute Gasteiger partial charge is 0.161 e. The molecule has 20 heavy (non-hydrogen) atoms. The summed E-state index contributed by atoms with van der Waals surface area (Å²) in [5.74, 6) is 2.43. The first-order valence-corrected chi connectivity index (χ1v) is 6.65. The molecule has 1 aromatic carbocycles. The van der Waals surface area contributed by atoms with Crippen molar-refractivity contribution >= 4 is 27.6 Å². The minimum atomic E-state index is 0.398. The van der Waals surface area contributed by atoms with Crippen LogP contribution in [0.3, 0.4) is 0 Å². The van der Waals surface area contributed by atoms with Gasteiger partial charge < -0.3 is 20.5 Å². The summed E-state index contributed by atoms with van der Waals surface area (Å²) in [7, 11) is 3.22. The lowest BCUT2D eigenvalue weighted by Crippen LogP contribution is -2.05. The number of aromatic nitrogens is 2. The molecule has 0 spiro atoms. The molecule has 3 N–H and O–H groups in total. The highest BCUT2D eigenvalue weighted by Gasteiger charge is 2.07. The maximum Gasteiger partial charge on any atom is 0.161 e. The monoisotopic (exact) mass is 338 g/mol. The highest BCUT2D eigenvalue weighted by molar-refractivity contribution is 9.10. The van der Waals surface area contributed by atoms with Gasteiger partial charge in [0.1, 0.15) is 22.4 Å². The number of methoxy groups -OCH3 is 2. The summed E-state index contributed by atoms with van der Waals surface area (Å²) >= 11 is 3.35. The molecule has 1 heterocycles. The Morgan fingerprint density at radius 2 is 1.95 bits per heavy atom. The van der Waals surface area contributed by atoms with Gasteiger partial charge in [-0.05, 0) is 33.6 Å². The SMILES string of the molecule is COc1ccc(CNc2ncnc(N)c2Br)cc1OC. The van der Waals surface area contributed by atoms with Gasteiger partial charge >= 0.3 is 0 Å². The van der Waals surface area contributed by atoms with Crippen LogP contribution in [0.15, 0.2) is 29.0 Å². The number of benzene rings is 1. The second-order valence-corrected chi connectivity index (χ2v) is 4.76. The lowest BCUT2D eigenvalue weighted by molar-refractivity contribution is 0.354. The number of ether oxygens (including phenoxy) is 2. The summed E-state index contributed by atoms with van der Waals surface area (Å²) in [6.07, 6.45) is 1.41. The number of nitrogens with one attached hydrogen (secondary N) is 1. The summed E-state index contributed by atoms with van der Waals surface area (Å²) in [6.45, 7) is 0.579. The van der Waals surface area contributed by atoms with Crippen molar-refractivity contribution in [3.63, 3.8) is 0 Å². The number of anilines is 2. The molecule has 0 saturated carbocycles. The molecule has 6 nitrogen and oxygen atoms in total. The maximum atomic E-state index is 5.70. The molecule has 0 unspecified atom stereocenters. The Bertz CT molecular complexity index is 607. The van der Waals surface area contributed by atoms with Crippen LogP contribution in [0.4, 0.5) is 11.6 Å². The Morgan fingerprint density at radius 3 is 2.65 bits per heavy atom. The molecule has 0 aliphatic carbocycles. The molecule has 0 fully saturated rings. The first-order valence-electron chi connectivity index (χ1n) is 5.86. The molecule has 0 bridgehead atoms. The van der Waals surface area contributed by atoms with E-state index in [0.29, 0.717) is 34.2 Å². The number of hydrogen-bond acceptors (Lipinski definition) is 6. The third-order valence-corrected chi connectivity index (χ3v) is 3.51. The molecule has 0 radical (unpaired) electrons. The van der Waals surface area contributed by atoms with Gasteiger partial charge in [-0.25, -0.2) is 9.97 Å². The topological polar surface area (TPSA) is 82.3 Å². The number of nitrogens with two attached hydrogens (primary N) is 1. The van der Waals surface area contributed by atoms with Gasteiger partial charge in [-0.2, -0.15) is 0 Å². The first kappa shape index (κ1) is 14.4. The van der Waals surface area contributed by atoms with E-state index in [9.17, 15) is 0 Å². The van der Waals surface area contributed by atoms with E-state index in [0.717, 1.165) is 5.56 Å². The average Bonchev–Trinajstić information content (AvgIpc) is 2.48. The number of hydrogen-bond donors (Lipinski definition) is 2. The summed E-state index contributed by atoms with van der Waals surface area (Å²) in [5, 5.41) is 3.18. The average molecular weight is 339 g/mol. The zero-order chi connectivity index (χ0) is 14.5. The van der Waals surface area contributed by atoms with E-state index < -0.39 is 0 Å². The third kappa shape index (κ3) is 3.11. The summed E-state index contributed by atoms with van der Waals surface area (Å²) < 4.78 is 11.1. The van der Waals surface area contributed by atoms with Gasteiger partial charge in [0, 0.05) is 6.54 Å². The fraction of sp³-hybridized carbons (Fsp3) is 0.231. The molecular formula is C13H15BrN4O2. The maximum absolute atomic E-state index is 5.70. The second-order valence-electron chi connectivity index (χ2n) is 3.96. The Labute approximate surface area is 125 Å². The van der Waals surface area contributed by atoms with Crippen molar-refractivity contribution in [2.75, 3.05) is 25.3 Å². The number of nitrogen functional groups attached to an aromatic ring is 1. The van der Waals surface area contributed by atoms with Crippen LogP contribution in [0.5, 0.6) is 11.5 Å². The zero-order valence-electron chi connectivity index (χ0n) is 11.2. The van der Waals surface area contributed by atoms with E-state index in [-0.39, 0.29) is 0 Å². The van der Waals surface area contributed by atoms with Gasteiger partial charge in [0.25, 0.3) is 0 Å². The van der Waals surface area contributed by atoms with E-state index in [1.54, 1.807) is 14.2 Å². The van der Waals surface area contributed by atoms with Crippen molar-refractivity contribution in [3.05, 3.63) is 34.6 Å². The van der Waals surface area contributed by atoms with Gasteiger partial charge in [-0.1, -0.05) is 6.07 Å². The third-order valence-electron chi connectivity index (χ3n) is 2.72. The van der Waals surface area contributed by atoms with Crippen molar-refractivity contribution in [2.45, 2.75) is 6.54 Å². The van der Waals surface area contributed by atoms with Crippen LogP contribution in [0, 0.1) is 0 Å². The van der Waals surface area contributed by atoms with Crippen molar-refractivity contribution in [3.8, 4) is 11.5 Å². The predicted octanol–water partition coefficient (Wildman–Crippen LogP) is 2.45. The van der Waals surface area contributed by atoms with Crippen molar-refractivity contribution in [1.82, 2.24) is 9.97 Å². The van der Waals surface area contributed by atoms with Crippen LogP contribution in [0.1, 0.15) is 5.56 Å². The van der Waals surface area contributed by atoms with Crippen molar-refractivity contribution in [2.24, 2.45) is 0 Å². The van der Waals surface area contributed by atoms with E-state index in [1.165, 1.54) is 6.33 Å². The minimum Gasteiger partial charge on any atom is -0.493 e. The van der Waals surface area contributed by atoms with Crippen LogP contribution in [-0.4, -0.2) is 24.2 Å². The Balaban J connectivity index is 2.13. The number of halogens is 1. The lowest BCUT2D eigenvalue weighted by Gasteiger charge is -2.11. The van der Waals surface area contributed by atoms with Crippen LogP contribution in [0.25, 0.3) is 0 Å². The largest absolute Gasteiger partial charge is 0.493 e. The predicted molar refractivity (Wildman–Crippen MR) is 81.0 cm³/mol.